The van der Waals surface area contributed by atoms with E-state index in [-0.39, 0.29) is 18.8 Å². The van der Waals surface area contributed by atoms with Crippen molar-refractivity contribution >= 4 is 0 Å². The molecule has 0 fully saturated rings. The maximum Gasteiger partial charge on any atom is 0.434 e. The van der Waals surface area contributed by atoms with Gasteiger partial charge in [0.1, 0.15) is 5.69 Å². The number of hydrogen-bond acceptors (Lipinski definition) is 4. The van der Waals surface area contributed by atoms with Gasteiger partial charge in [-0.05, 0) is 13.5 Å². The fourth-order valence-corrected chi connectivity index (χ4v) is 1.46. The van der Waals surface area contributed by atoms with E-state index in [2.05, 4.69) is 15.6 Å². The summed E-state index contributed by atoms with van der Waals surface area (Å²) in [7, 11) is 3.06. The number of aryl methyl sites for hydroxylation is 1. The number of ether oxygens (including phenoxy) is 1. The molecule has 0 aliphatic rings. The Bertz CT molecular complexity index is 351. The zero-order valence-electron chi connectivity index (χ0n) is 9.71. The molecule has 0 saturated heterocycles. The lowest BCUT2D eigenvalue weighted by molar-refractivity contribution is -0.145. The summed E-state index contributed by atoms with van der Waals surface area (Å²) in [4.78, 5) is 0. The number of halogens is 3. The van der Waals surface area contributed by atoms with Crippen molar-refractivity contribution in [3.05, 3.63) is 11.4 Å². The number of aromatic nitrogens is 3. The molecular weight excluding hydrogens is 237 g/mol. The summed E-state index contributed by atoms with van der Waals surface area (Å²) in [5.74, 6) is 0. The van der Waals surface area contributed by atoms with Gasteiger partial charge in [0.2, 0.25) is 0 Å². The van der Waals surface area contributed by atoms with Crippen molar-refractivity contribution in [3.8, 4) is 0 Å². The van der Waals surface area contributed by atoms with Crippen LogP contribution < -0.4 is 5.32 Å². The van der Waals surface area contributed by atoms with Gasteiger partial charge in [0.15, 0.2) is 5.69 Å². The highest BCUT2D eigenvalue weighted by Crippen LogP contribution is 2.31. The van der Waals surface area contributed by atoms with Gasteiger partial charge in [-0.25, -0.2) is 4.68 Å². The van der Waals surface area contributed by atoms with Crippen molar-refractivity contribution in [1.29, 1.82) is 0 Å². The van der Waals surface area contributed by atoms with Crippen molar-refractivity contribution < 1.29 is 17.9 Å². The van der Waals surface area contributed by atoms with Crippen LogP contribution in [0.3, 0.4) is 0 Å². The molecule has 0 atom stereocenters. The minimum Gasteiger partial charge on any atom is -0.385 e. The Hall–Kier alpha value is -1.15. The molecule has 0 spiro atoms. The average Bonchev–Trinajstić information content (AvgIpc) is 2.62. The smallest absolute Gasteiger partial charge is 0.385 e. The second-order valence-corrected chi connectivity index (χ2v) is 3.48. The Balaban J connectivity index is 2.89. The van der Waals surface area contributed by atoms with Crippen LogP contribution in [0.25, 0.3) is 0 Å². The number of methoxy groups -OCH3 is 1. The Morgan fingerprint density at radius 3 is 2.65 bits per heavy atom. The first kappa shape index (κ1) is 13.9. The molecule has 1 aromatic rings. The van der Waals surface area contributed by atoms with Crippen LogP contribution in [0.4, 0.5) is 13.2 Å². The number of nitrogens with zero attached hydrogens (tertiary/aromatic N) is 3. The summed E-state index contributed by atoms with van der Waals surface area (Å²) in [5.41, 5.74) is -0.875. The average molecular weight is 252 g/mol. The summed E-state index contributed by atoms with van der Waals surface area (Å²) in [6.45, 7) is 0.567. The van der Waals surface area contributed by atoms with E-state index in [0.29, 0.717) is 13.0 Å². The third kappa shape index (κ3) is 3.67. The zero-order chi connectivity index (χ0) is 12.9. The van der Waals surface area contributed by atoms with Gasteiger partial charge in [0.25, 0.3) is 0 Å². The molecule has 1 rings (SSSR count). The van der Waals surface area contributed by atoms with Crippen molar-refractivity contribution in [2.75, 3.05) is 20.8 Å². The van der Waals surface area contributed by atoms with Gasteiger partial charge in [0, 0.05) is 26.8 Å². The van der Waals surface area contributed by atoms with Crippen LogP contribution in [0, 0.1) is 0 Å². The SMILES string of the molecule is CNCc1nnn(CCCOC)c1C(F)(F)F. The zero-order valence-corrected chi connectivity index (χ0v) is 9.71. The largest absolute Gasteiger partial charge is 0.434 e. The van der Waals surface area contributed by atoms with Gasteiger partial charge < -0.3 is 10.1 Å². The van der Waals surface area contributed by atoms with E-state index < -0.39 is 11.9 Å². The molecule has 1 aromatic heterocycles. The van der Waals surface area contributed by atoms with Crippen LogP contribution >= 0.6 is 0 Å². The lowest BCUT2D eigenvalue weighted by Gasteiger charge is -2.10. The monoisotopic (exact) mass is 252 g/mol. The predicted octanol–water partition coefficient (Wildman–Crippen LogP) is 1.05. The molecule has 98 valence electrons. The van der Waals surface area contributed by atoms with E-state index >= 15 is 0 Å². The van der Waals surface area contributed by atoms with Crippen molar-refractivity contribution in [2.24, 2.45) is 0 Å². The number of hydrogen-bond donors (Lipinski definition) is 1. The highest BCUT2D eigenvalue weighted by molar-refractivity contribution is 5.13. The molecule has 0 aliphatic heterocycles. The Kier molecular flexibility index (Phi) is 4.88. The standard InChI is InChI=1S/C9H15F3N4O/c1-13-6-7-8(9(10,11)12)16(15-14-7)4-3-5-17-2/h13H,3-6H2,1-2H3. The van der Waals surface area contributed by atoms with E-state index in [9.17, 15) is 13.2 Å². The summed E-state index contributed by atoms with van der Waals surface area (Å²) >= 11 is 0. The summed E-state index contributed by atoms with van der Waals surface area (Å²) in [5, 5.41) is 9.70. The fourth-order valence-electron chi connectivity index (χ4n) is 1.46. The van der Waals surface area contributed by atoms with Gasteiger partial charge in [-0.3, -0.25) is 0 Å². The van der Waals surface area contributed by atoms with E-state index in [0.717, 1.165) is 4.68 Å². The molecular formula is C9H15F3N4O. The highest BCUT2D eigenvalue weighted by atomic mass is 19.4. The first-order valence-electron chi connectivity index (χ1n) is 5.13. The van der Waals surface area contributed by atoms with Crippen LogP contribution in [0.5, 0.6) is 0 Å². The lowest BCUT2D eigenvalue weighted by atomic mass is 10.3. The highest BCUT2D eigenvalue weighted by Gasteiger charge is 2.38. The lowest BCUT2D eigenvalue weighted by Crippen LogP contribution is -2.19. The number of nitrogens with one attached hydrogen (secondary N) is 1. The molecule has 0 radical (unpaired) electrons. The first-order chi connectivity index (χ1) is 8.00. The van der Waals surface area contributed by atoms with Gasteiger partial charge in [-0.1, -0.05) is 5.21 Å². The fraction of sp³-hybridized carbons (Fsp3) is 0.778. The number of rotatable bonds is 6. The Morgan fingerprint density at radius 2 is 2.12 bits per heavy atom. The maximum absolute atomic E-state index is 12.8. The quantitative estimate of drug-likeness (QED) is 0.769. The Labute approximate surface area is 96.9 Å². The molecule has 0 bridgehead atoms. The van der Waals surface area contributed by atoms with Gasteiger partial charge in [-0.2, -0.15) is 13.2 Å². The van der Waals surface area contributed by atoms with Crippen molar-refractivity contribution in [3.63, 3.8) is 0 Å². The normalized spacial score (nSPS) is 12.1. The third-order valence-corrected chi connectivity index (χ3v) is 2.14. The summed E-state index contributed by atoms with van der Waals surface area (Å²) < 4.78 is 44.1. The molecule has 8 heteroatoms. The van der Waals surface area contributed by atoms with Gasteiger partial charge >= 0.3 is 6.18 Å². The van der Waals surface area contributed by atoms with Crippen LogP contribution in [-0.2, 0) is 24.0 Å². The van der Waals surface area contributed by atoms with E-state index in [1.165, 1.54) is 7.11 Å². The first-order valence-corrected chi connectivity index (χ1v) is 5.13. The molecule has 0 aromatic carbocycles. The summed E-state index contributed by atoms with van der Waals surface area (Å²) in [6.07, 6.45) is -3.98. The molecule has 17 heavy (non-hydrogen) atoms. The van der Waals surface area contributed by atoms with Crippen molar-refractivity contribution in [2.45, 2.75) is 25.7 Å². The van der Waals surface area contributed by atoms with E-state index in [1.54, 1.807) is 7.05 Å². The van der Waals surface area contributed by atoms with E-state index in [1.807, 2.05) is 0 Å². The molecule has 1 N–H and O–H groups in total. The second-order valence-electron chi connectivity index (χ2n) is 3.48. The predicted molar refractivity (Wildman–Crippen MR) is 54.3 cm³/mol. The molecule has 0 saturated carbocycles. The molecule has 0 amide bonds. The van der Waals surface area contributed by atoms with Gasteiger partial charge in [0.05, 0.1) is 0 Å². The van der Waals surface area contributed by atoms with Gasteiger partial charge in [-0.15, -0.1) is 5.10 Å². The van der Waals surface area contributed by atoms with Crippen LogP contribution in [-0.4, -0.2) is 35.8 Å². The molecule has 5 nitrogen and oxygen atoms in total. The number of alkyl halides is 3. The maximum atomic E-state index is 12.8. The topological polar surface area (TPSA) is 52.0 Å². The third-order valence-electron chi connectivity index (χ3n) is 2.14. The Morgan fingerprint density at radius 1 is 1.41 bits per heavy atom. The molecule has 0 aliphatic carbocycles. The van der Waals surface area contributed by atoms with Crippen LogP contribution in [0.1, 0.15) is 17.8 Å². The summed E-state index contributed by atoms with van der Waals surface area (Å²) in [6, 6.07) is 0. The van der Waals surface area contributed by atoms with Crippen LogP contribution in [0.2, 0.25) is 0 Å². The molecule has 1 heterocycles. The minimum atomic E-state index is -4.44. The molecule has 0 unspecified atom stereocenters. The second kappa shape index (κ2) is 5.97. The van der Waals surface area contributed by atoms with E-state index in [4.69, 9.17) is 4.74 Å². The van der Waals surface area contributed by atoms with Crippen molar-refractivity contribution in [1.82, 2.24) is 20.3 Å². The minimum absolute atomic E-state index is 0.0408. The van der Waals surface area contributed by atoms with Crippen LogP contribution in [0.15, 0.2) is 0 Å².